The van der Waals surface area contributed by atoms with E-state index in [9.17, 15) is 4.79 Å². The summed E-state index contributed by atoms with van der Waals surface area (Å²) < 4.78 is 0. The number of nitrogens with zero attached hydrogens (tertiary/aromatic N) is 1. The summed E-state index contributed by atoms with van der Waals surface area (Å²) in [4.78, 5) is 19.0. The molecular formula is C13H19N3O. The molecule has 1 heterocycles. The van der Waals surface area contributed by atoms with E-state index >= 15 is 0 Å². The highest BCUT2D eigenvalue weighted by Crippen LogP contribution is 2.57. The van der Waals surface area contributed by atoms with Crippen molar-refractivity contribution < 1.29 is 0 Å². The molecule has 1 unspecified atom stereocenters. The Morgan fingerprint density at radius 3 is 2.82 bits per heavy atom. The molecular weight excluding hydrogens is 214 g/mol. The molecule has 92 valence electrons. The van der Waals surface area contributed by atoms with E-state index in [1.807, 2.05) is 0 Å². The molecule has 0 aliphatic heterocycles. The van der Waals surface area contributed by atoms with Gasteiger partial charge in [-0.1, -0.05) is 13.8 Å². The van der Waals surface area contributed by atoms with Crippen molar-refractivity contribution >= 4 is 0 Å². The van der Waals surface area contributed by atoms with Crippen LogP contribution in [0.4, 0.5) is 0 Å². The van der Waals surface area contributed by atoms with Crippen LogP contribution in [0.15, 0.2) is 10.9 Å². The van der Waals surface area contributed by atoms with Crippen LogP contribution in [0.1, 0.15) is 50.5 Å². The quantitative estimate of drug-likeness (QED) is 0.829. The van der Waals surface area contributed by atoms with Crippen molar-refractivity contribution in [1.29, 1.82) is 0 Å². The first-order chi connectivity index (χ1) is 8.04. The molecule has 0 saturated heterocycles. The van der Waals surface area contributed by atoms with Crippen molar-refractivity contribution in [2.45, 2.75) is 51.6 Å². The van der Waals surface area contributed by atoms with Crippen LogP contribution >= 0.6 is 0 Å². The highest BCUT2D eigenvalue weighted by atomic mass is 16.1. The monoisotopic (exact) mass is 233 g/mol. The van der Waals surface area contributed by atoms with Crippen molar-refractivity contribution in [3.8, 4) is 0 Å². The summed E-state index contributed by atoms with van der Waals surface area (Å²) in [6.45, 7) is 5.15. The predicted octanol–water partition coefficient (Wildman–Crippen LogP) is 1.54. The molecule has 0 aromatic carbocycles. The van der Waals surface area contributed by atoms with Gasteiger partial charge in [-0.05, 0) is 24.7 Å². The van der Waals surface area contributed by atoms with E-state index in [1.54, 1.807) is 6.07 Å². The van der Waals surface area contributed by atoms with E-state index in [4.69, 9.17) is 0 Å². The highest BCUT2D eigenvalue weighted by molar-refractivity contribution is 5.17. The first-order valence-corrected chi connectivity index (χ1v) is 6.38. The lowest BCUT2D eigenvalue weighted by molar-refractivity contribution is 0.601. The zero-order valence-corrected chi connectivity index (χ0v) is 10.4. The van der Waals surface area contributed by atoms with E-state index in [2.05, 4.69) is 29.1 Å². The van der Waals surface area contributed by atoms with Crippen LogP contribution in [0.5, 0.6) is 0 Å². The van der Waals surface area contributed by atoms with E-state index < -0.39 is 0 Å². The molecule has 2 saturated carbocycles. The third-order valence-electron chi connectivity index (χ3n) is 3.81. The maximum Gasteiger partial charge on any atom is 0.251 e. The van der Waals surface area contributed by atoms with E-state index in [0.717, 1.165) is 17.9 Å². The maximum absolute atomic E-state index is 11.6. The van der Waals surface area contributed by atoms with Crippen molar-refractivity contribution in [3.05, 3.63) is 27.9 Å². The topological polar surface area (TPSA) is 57.8 Å². The van der Waals surface area contributed by atoms with Crippen LogP contribution in [-0.2, 0) is 6.54 Å². The normalized spacial score (nSPS) is 25.9. The second kappa shape index (κ2) is 3.67. The molecule has 4 heteroatoms. The fourth-order valence-corrected chi connectivity index (χ4v) is 2.25. The van der Waals surface area contributed by atoms with Gasteiger partial charge in [0.2, 0.25) is 0 Å². The van der Waals surface area contributed by atoms with Gasteiger partial charge in [-0.15, -0.1) is 0 Å². The lowest BCUT2D eigenvalue weighted by Crippen LogP contribution is -2.20. The minimum absolute atomic E-state index is 0.0229. The Kier molecular flexibility index (Phi) is 2.36. The predicted molar refractivity (Wildman–Crippen MR) is 65.9 cm³/mol. The Balaban J connectivity index is 1.77. The number of hydrogen-bond acceptors (Lipinski definition) is 3. The van der Waals surface area contributed by atoms with Gasteiger partial charge < -0.3 is 10.3 Å². The number of aromatic amines is 1. The molecule has 1 atom stereocenters. The molecule has 2 aliphatic carbocycles. The zero-order chi connectivity index (χ0) is 12.0. The summed E-state index contributed by atoms with van der Waals surface area (Å²) >= 11 is 0. The van der Waals surface area contributed by atoms with E-state index in [-0.39, 0.29) is 5.56 Å². The standard InChI is InChI=1S/C13H19N3O/c1-13(2)6-10(13)12-15-9(5-11(17)16-12)7-14-8-3-4-8/h5,8,10,14H,3-4,6-7H2,1-2H3,(H,15,16,17). The third kappa shape index (κ3) is 2.41. The van der Waals surface area contributed by atoms with Gasteiger partial charge in [0.15, 0.2) is 0 Å². The number of aromatic nitrogens is 2. The minimum atomic E-state index is -0.0229. The van der Waals surface area contributed by atoms with Crippen LogP contribution in [0, 0.1) is 5.41 Å². The van der Waals surface area contributed by atoms with Crippen molar-refractivity contribution in [3.63, 3.8) is 0 Å². The summed E-state index contributed by atoms with van der Waals surface area (Å²) in [7, 11) is 0. The van der Waals surface area contributed by atoms with Crippen LogP contribution in [0.25, 0.3) is 0 Å². The van der Waals surface area contributed by atoms with E-state index in [1.165, 1.54) is 12.8 Å². The molecule has 0 bridgehead atoms. The van der Waals surface area contributed by atoms with Crippen LogP contribution in [0.2, 0.25) is 0 Å². The molecule has 3 rings (SSSR count). The molecule has 1 aromatic rings. The lowest BCUT2D eigenvalue weighted by Gasteiger charge is -2.06. The number of hydrogen-bond donors (Lipinski definition) is 2. The Morgan fingerprint density at radius 2 is 2.24 bits per heavy atom. The first kappa shape index (κ1) is 11.0. The van der Waals surface area contributed by atoms with Gasteiger partial charge in [0, 0.05) is 24.6 Å². The fraction of sp³-hybridized carbons (Fsp3) is 0.692. The molecule has 0 spiro atoms. The Bertz CT molecular complexity index is 488. The number of nitrogens with one attached hydrogen (secondary N) is 2. The second-order valence-corrected chi connectivity index (χ2v) is 6.02. The second-order valence-electron chi connectivity index (χ2n) is 6.02. The van der Waals surface area contributed by atoms with Gasteiger partial charge in [-0.3, -0.25) is 4.79 Å². The van der Waals surface area contributed by atoms with Crippen LogP contribution in [0.3, 0.4) is 0 Å². The summed E-state index contributed by atoms with van der Waals surface area (Å²) in [6, 6.07) is 2.26. The summed E-state index contributed by atoms with van der Waals surface area (Å²) in [5.74, 6) is 1.30. The smallest absolute Gasteiger partial charge is 0.251 e. The average Bonchev–Trinajstić information content (AvgIpc) is 3.12. The van der Waals surface area contributed by atoms with Crippen molar-refractivity contribution in [1.82, 2.24) is 15.3 Å². The van der Waals surface area contributed by atoms with Crippen molar-refractivity contribution in [2.75, 3.05) is 0 Å². The highest BCUT2D eigenvalue weighted by Gasteiger charge is 2.48. The van der Waals surface area contributed by atoms with Gasteiger partial charge in [0.25, 0.3) is 5.56 Å². The molecule has 4 nitrogen and oxygen atoms in total. The summed E-state index contributed by atoms with van der Waals surface area (Å²) in [5, 5.41) is 3.39. The molecule has 2 N–H and O–H groups in total. The van der Waals surface area contributed by atoms with Gasteiger partial charge in [0.1, 0.15) is 5.82 Å². The fourth-order valence-electron chi connectivity index (χ4n) is 2.25. The van der Waals surface area contributed by atoms with Crippen molar-refractivity contribution in [2.24, 2.45) is 5.41 Å². The number of rotatable bonds is 4. The van der Waals surface area contributed by atoms with E-state index in [0.29, 0.717) is 23.9 Å². The van der Waals surface area contributed by atoms with Gasteiger partial charge in [-0.25, -0.2) is 4.98 Å². The Morgan fingerprint density at radius 1 is 1.53 bits per heavy atom. The zero-order valence-electron chi connectivity index (χ0n) is 10.4. The molecule has 0 radical (unpaired) electrons. The molecule has 0 amide bonds. The largest absolute Gasteiger partial charge is 0.310 e. The summed E-state index contributed by atoms with van der Waals surface area (Å²) in [5.41, 5.74) is 1.15. The molecule has 2 fully saturated rings. The Hall–Kier alpha value is -1.16. The van der Waals surface area contributed by atoms with Crippen LogP contribution < -0.4 is 10.9 Å². The molecule has 17 heavy (non-hydrogen) atoms. The van der Waals surface area contributed by atoms with Gasteiger partial charge >= 0.3 is 0 Å². The Labute approximate surface area is 101 Å². The molecule has 2 aliphatic rings. The average molecular weight is 233 g/mol. The maximum atomic E-state index is 11.6. The lowest BCUT2D eigenvalue weighted by atomic mass is 10.1. The van der Waals surface area contributed by atoms with Crippen LogP contribution in [-0.4, -0.2) is 16.0 Å². The minimum Gasteiger partial charge on any atom is -0.310 e. The van der Waals surface area contributed by atoms with Gasteiger partial charge in [-0.2, -0.15) is 0 Å². The van der Waals surface area contributed by atoms with Gasteiger partial charge in [0.05, 0.1) is 5.69 Å². The number of H-pyrrole nitrogens is 1. The summed E-state index contributed by atoms with van der Waals surface area (Å²) in [6.07, 6.45) is 3.63. The first-order valence-electron chi connectivity index (χ1n) is 6.38. The SMILES string of the molecule is CC1(C)CC1c1nc(CNC2CC2)cc(=O)[nH]1. The third-order valence-corrected chi connectivity index (χ3v) is 3.81. The molecule has 1 aromatic heterocycles.